The number of hydrogen-bond donors (Lipinski definition) is 0. The summed E-state index contributed by atoms with van der Waals surface area (Å²) in [4.78, 5) is 0. The van der Waals surface area contributed by atoms with E-state index in [0.29, 0.717) is 0 Å². The Morgan fingerprint density at radius 1 is 0.250 bits per heavy atom. The van der Waals surface area contributed by atoms with Crippen LogP contribution in [0.2, 0.25) is 0 Å². The zero-order valence-corrected chi connectivity index (χ0v) is 30.5. The molecule has 0 atom stereocenters. The van der Waals surface area contributed by atoms with Crippen molar-refractivity contribution in [1.29, 1.82) is 0 Å². The smallest absolute Gasteiger partial charge is 0.0547 e. The molecule has 10 aromatic carbocycles. The molecule has 0 N–H and O–H groups in total. The van der Waals surface area contributed by atoms with Crippen LogP contribution < -0.4 is 0 Å². The predicted molar refractivity (Wildman–Crippen MR) is 239 cm³/mol. The van der Waals surface area contributed by atoms with Crippen LogP contribution in [0, 0.1) is 0 Å². The molecule has 2 nitrogen and oxygen atoms in total. The van der Waals surface area contributed by atoms with Gasteiger partial charge in [-0.15, -0.1) is 0 Å². The largest absolute Gasteiger partial charge is 0.309 e. The quantitative estimate of drug-likeness (QED) is 0.161. The van der Waals surface area contributed by atoms with E-state index in [-0.39, 0.29) is 0 Å². The average Bonchev–Trinajstić information content (AvgIpc) is 3.79. The van der Waals surface area contributed by atoms with Gasteiger partial charge < -0.3 is 9.13 Å². The molecule has 56 heavy (non-hydrogen) atoms. The third-order valence-corrected chi connectivity index (χ3v) is 11.9. The highest BCUT2D eigenvalue weighted by Gasteiger charge is 2.20. The van der Waals surface area contributed by atoms with Crippen molar-refractivity contribution in [3.63, 3.8) is 0 Å². The Bertz CT molecular complexity index is 3510. The van der Waals surface area contributed by atoms with Crippen molar-refractivity contribution in [2.45, 2.75) is 0 Å². The summed E-state index contributed by atoms with van der Waals surface area (Å²) in [5.74, 6) is 0. The number of rotatable bonds is 4. The van der Waals surface area contributed by atoms with Gasteiger partial charge in [-0.25, -0.2) is 0 Å². The highest BCUT2D eigenvalue weighted by molar-refractivity contribution is 6.30. The van der Waals surface area contributed by atoms with Gasteiger partial charge in [-0.05, 0) is 104 Å². The van der Waals surface area contributed by atoms with Crippen molar-refractivity contribution in [1.82, 2.24) is 9.13 Å². The summed E-state index contributed by atoms with van der Waals surface area (Å²) >= 11 is 0. The second-order valence-corrected chi connectivity index (χ2v) is 14.8. The molecule has 0 saturated carbocycles. The number of hydrogen-bond acceptors (Lipinski definition) is 0. The maximum absolute atomic E-state index is 2.50. The van der Waals surface area contributed by atoms with Crippen molar-refractivity contribution >= 4 is 75.9 Å². The van der Waals surface area contributed by atoms with E-state index < -0.39 is 0 Å². The second kappa shape index (κ2) is 12.0. The summed E-state index contributed by atoms with van der Waals surface area (Å²) < 4.78 is 4.88. The summed E-state index contributed by atoms with van der Waals surface area (Å²) in [7, 11) is 0. The molecule has 12 rings (SSSR count). The zero-order chi connectivity index (χ0) is 36.7. The monoisotopic (exact) mass is 710 g/mol. The minimum absolute atomic E-state index is 1.17. The molecule has 0 fully saturated rings. The number of benzene rings is 10. The molecule has 260 valence electrons. The molecule has 12 aromatic rings. The molecule has 0 saturated heterocycles. The van der Waals surface area contributed by atoms with E-state index in [1.165, 1.54) is 110 Å². The van der Waals surface area contributed by atoms with Crippen molar-refractivity contribution in [3.8, 4) is 33.6 Å². The van der Waals surface area contributed by atoms with Crippen LogP contribution in [-0.4, -0.2) is 9.13 Å². The Kier molecular flexibility index (Phi) is 6.66. The Labute approximate surface area is 323 Å². The Balaban J connectivity index is 1.11. The summed E-state index contributed by atoms with van der Waals surface area (Å²) in [6.07, 6.45) is 0. The van der Waals surface area contributed by atoms with Gasteiger partial charge in [-0.3, -0.25) is 0 Å². The van der Waals surface area contributed by atoms with Gasteiger partial charge in [-0.2, -0.15) is 0 Å². The highest BCUT2D eigenvalue weighted by Crippen LogP contribution is 2.44. The minimum Gasteiger partial charge on any atom is -0.309 e. The van der Waals surface area contributed by atoms with E-state index in [1.807, 2.05) is 0 Å². The SMILES string of the molecule is c1ccc(-c2cccc3c4ccccc4c4c(-n5c6ccccc6c6cc(-c7ccc8c(c7)c7ccccc7n8-c7ccccc7)ccc65)cccc4c23)cc1. The van der Waals surface area contributed by atoms with Crippen molar-refractivity contribution in [2.24, 2.45) is 0 Å². The fraction of sp³-hybridized carbons (Fsp3) is 0. The summed E-state index contributed by atoms with van der Waals surface area (Å²) in [6, 6.07) is 75.7. The van der Waals surface area contributed by atoms with Crippen LogP contribution in [0.1, 0.15) is 0 Å². The first-order valence-electron chi connectivity index (χ1n) is 19.4. The maximum Gasteiger partial charge on any atom is 0.0547 e. The lowest BCUT2D eigenvalue weighted by molar-refractivity contribution is 1.18. The van der Waals surface area contributed by atoms with Crippen LogP contribution >= 0.6 is 0 Å². The second-order valence-electron chi connectivity index (χ2n) is 14.8. The number of para-hydroxylation sites is 3. The van der Waals surface area contributed by atoms with Gasteiger partial charge in [-0.1, -0.05) is 152 Å². The molecule has 0 aliphatic rings. The van der Waals surface area contributed by atoms with Crippen LogP contribution in [0.15, 0.2) is 206 Å². The van der Waals surface area contributed by atoms with E-state index in [4.69, 9.17) is 0 Å². The molecule has 0 spiro atoms. The number of nitrogens with zero attached hydrogens (tertiary/aromatic N) is 2. The van der Waals surface area contributed by atoms with E-state index in [1.54, 1.807) is 0 Å². The minimum atomic E-state index is 1.17. The van der Waals surface area contributed by atoms with Crippen LogP contribution in [0.4, 0.5) is 0 Å². The van der Waals surface area contributed by atoms with Crippen LogP contribution in [0.3, 0.4) is 0 Å². The number of aromatic nitrogens is 2. The summed E-state index contributed by atoms with van der Waals surface area (Å²) in [6.45, 7) is 0. The van der Waals surface area contributed by atoms with Gasteiger partial charge in [0, 0.05) is 32.6 Å². The highest BCUT2D eigenvalue weighted by atomic mass is 15.0. The van der Waals surface area contributed by atoms with Gasteiger partial charge in [0.15, 0.2) is 0 Å². The molecular weight excluding hydrogens is 677 g/mol. The summed E-state index contributed by atoms with van der Waals surface area (Å²) in [5.41, 5.74) is 12.1. The first-order chi connectivity index (χ1) is 27.8. The summed E-state index contributed by atoms with van der Waals surface area (Å²) in [5, 5.41) is 12.7. The predicted octanol–water partition coefficient (Wildman–Crippen LogP) is 14.7. The molecule has 0 aliphatic heterocycles. The number of fused-ring (bicyclic) bond motifs is 12. The van der Waals surface area contributed by atoms with Crippen molar-refractivity contribution < 1.29 is 0 Å². The zero-order valence-electron chi connectivity index (χ0n) is 30.5. The normalized spacial score (nSPS) is 11.9. The van der Waals surface area contributed by atoms with E-state index >= 15 is 0 Å². The third-order valence-electron chi connectivity index (χ3n) is 11.9. The van der Waals surface area contributed by atoms with Crippen molar-refractivity contribution in [2.75, 3.05) is 0 Å². The molecule has 0 amide bonds. The molecule has 0 radical (unpaired) electrons. The van der Waals surface area contributed by atoms with Crippen molar-refractivity contribution in [3.05, 3.63) is 206 Å². The van der Waals surface area contributed by atoms with E-state index in [2.05, 4.69) is 215 Å². The Hall–Kier alpha value is -7.42. The maximum atomic E-state index is 2.50. The Morgan fingerprint density at radius 2 is 0.732 bits per heavy atom. The first kappa shape index (κ1) is 31.0. The average molecular weight is 711 g/mol. The van der Waals surface area contributed by atoms with Crippen LogP contribution in [-0.2, 0) is 0 Å². The third kappa shape index (κ3) is 4.44. The van der Waals surface area contributed by atoms with Gasteiger partial charge in [0.1, 0.15) is 0 Å². The lowest BCUT2D eigenvalue weighted by Crippen LogP contribution is -1.97. The van der Waals surface area contributed by atoms with Gasteiger partial charge in [0.25, 0.3) is 0 Å². The Morgan fingerprint density at radius 3 is 1.43 bits per heavy atom. The van der Waals surface area contributed by atoms with Gasteiger partial charge in [0.2, 0.25) is 0 Å². The lowest BCUT2D eigenvalue weighted by Gasteiger charge is -2.18. The molecule has 0 aliphatic carbocycles. The molecule has 0 bridgehead atoms. The lowest BCUT2D eigenvalue weighted by atomic mass is 9.89. The van der Waals surface area contributed by atoms with Crippen LogP contribution in [0.5, 0.6) is 0 Å². The van der Waals surface area contributed by atoms with E-state index in [0.717, 1.165) is 0 Å². The molecule has 2 heteroatoms. The standard InChI is InChI=1S/C54H34N2/c1-3-15-35(16-4-1)39-23-13-24-43-40-19-7-8-22-44(40)54-45(53(39)43)25-14-28-52(54)56-49-27-12-10-21-42(49)47-34-37(30-32-51(47)56)36-29-31-50-46(33-36)41-20-9-11-26-48(41)55(50)38-17-5-2-6-18-38/h1-34H. The van der Waals surface area contributed by atoms with E-state index in [9.17, 15) is 0 Å². The molecular formula is C54H34N2. The molecule has 0 unspecified atom stereocenters. The topological polar surface area (TPSA) is 9.86 Å². The van der Waals surface area contributed by atoms with Crippen LogP contribution in [0.25, 0.3) is 110 Å². The fourth-order valence-corrected chi connectivity index (χ4v) is 9.50. The molecule has 2 aromatic heterocycles. The fourth-order valence-electron chi connectivity index (χ4n) is 9.50. The van der Waals surface area contributed by atoms with Gasteiger partial charge in [0.05, 0.1) is 27.8 Å². The first-order valence-corrected chi connectivity index (χ1v) is 19.4. The van der Waals surface area contributed by atoms with Gasteiger partial charge >= 0.3 is 0 Å². The molecule has 2 heterocycles.